The third-order valence-electron chi connectivity index (χ3n) is 4.42. The van der Waals surface area contributed by atoms with Crippen molar-refractivity contribution in [3.05, 3.63) is 18.6 Å². The fourth-order valence-electron chi connectivity index (χ4n) is 3.11. The second-order valence-corrected chi connectivity index (χ2v) is 11.6. The maximum Gasteiger partial charge on any atom is 0.490 e. The van der Waals surface area contributed by atoms with Gasteiger partial charge in [0, 0.05) is 0 Å². The largest absolute Gasteiger partial charge is 0.490 e. The number of alkyl halides is 2. The van der Waals surface area contributed by atoms with Crippen molar-refractivity contribution in [2.24, 2.45) is 10.7 Å². The van der Waals surface area contributed by atoms with Crippen LogP contribution in [-0.4, -0.2) is 59.9 Å². The first-order chi connectivity index (χ1) is 15.3. The highest BCUT2D eigenvalue weighted by atomic mass is 31.3. The molecule has 9 N–H and O–H groups in total. The molecule has 1 saturated heterocycles. The molecule has 22 heteroatoms. The number of ether oxygens (including phenoxy) is 1. The van der Waals surface area contributed by atoms with Crippen molar-refractivity contribution in [1.29, 1.82) is 0 Å². The van der Waals surface area contributed by atoms with Gasteiger partial charge in [-0.25, -0.2) is 27.0 Å². The molecule has 192 valence electrons. The fourth-order valence-corrected chi connectivity index (χ4v) is 6.14. The minimum Gasteiger partial charge on any atom is -0.381 e. The summed E-state index contributed by atoms with van der Waals surface area (Å²) in [5.41, 5.74) is 3.42. The summed E-state index contributed by atoms with van der Waals surface area (Å²) in [6, 6.07) is 0. The molecule has 0 spiro atoms. The Morgan fingerprint density at radius 2 is 1.91 bits per heavy atom. The van der Waals surface area contributed by atoms with Gasteiger partial charge in [0.15, 0.2) is 23.8 Å². The van der Waals surface area contributed by atoms with Gasteiger partial charge in [-0.3, -0.25) is 9.51 Å². The van der Waals surface area contributed by atoms with Gasteiger partial charge in [-0.1, -0.05) is 11.6 Å². The highest BCUT2D eigenvalue weighted by Crippen LogP contribution is 2.66. The number of phosphoric ester groups is 1. The molecule has 0 amide bonds. The van der Waals surface area contributed by atoms with Crippen molar-refractivity contribution in [3.8, 4) is 0 Å². The van der Waals surface area contributed by atoms with Crippen molar-refractivity contribution < 1.29 is 69.6 Å². The van der Waals surface area contributed by atoms with Crippen LogP contribution in [-0.2, 0) is 31.6 Å². The van der Waals surface area contributed by atoms with E-state index in [9.17, 15) is 28.1 Å². The molecule has 3 rings (SSSR count). The van der Waals surface area contributed by atoms with Gasteiger partial charge in [-0.05, 0) is 6.92 Å². The Hall–Kier alpha value is -1.59. The second-order valence-electron chi connectivity index (χ2n) is 7.19. The molecule has 17 nitrogen and oxygen atoms in total. The van der Waals surface area contributed by atoms with E-state index < -0.39 is 53.9 Å². The van der Waals surface area contributed by atoms with E-state index >= 15 is 4.39 Å². The Morgan fingerprint density at radius 1 is 1.29 bits per heavy atom. The lowest BCUT2D eigenvalue weighted by Gasteiger charge is -2.25. The summed E-state index contributed by atoms with van der Waals surface area (Å²) in [7, 11) is -17.4. The lowest BCUT2D eigenvalue weighted by atomic mass is 9.97. The standard InChI is InChI=1S/C12H18F2N5O12P3/c1-5-6-7(18-10(15)17-5)19(4-16-6)9-11(2,20)8(13)12(14,29-9)3-28-33(24,25)31-34(26,27)30-32(21,22)23/h4,8-9,20H,1,3H2,2H3,(H7,15,17,18,21,22,23,24,25,26,27)/p+1. The van der Waals surface area contributed by atoms with Crippen LogP contribution in [0.4, 0.5) is 14.6 Å². The average molecular weight is 556 g/mol. The van der Waals surface area contributed by atoms with E-state index in [4.69, 9.17) is 25.2 Å². The van der Waals surface area contributed by atoms with Crippen molar-refractivity contribution >= 4 is 40.9 Å². The maximum atomic E-state index is 15.3. The summed E-state index contributed by atoms with van der Waals surface area (Å²) < 4.78 is 81.0. The van der Waals surface area contributed by atoms with Crippen LogP contribution >= 0.6 is 23.5 Å². The molecular weight excluding hydrogens is 537 g/mol. The van der Waals surface area contributed by atoms with Gasteiger partial charge in [0.1, 0.15) is 6.61 Å². The highest BCUT2D eigenvalue weighted by Gasteiger charge is 2.67. The predicted molar refractivity (Wildman–Crippen MR) is 104 cm³/mol. The van der Waals surface area contributed by atoms with E-state index in [0.29, 0.717) is 0 Å². The third-order valence-corrected chi connectivity index (χ3v) is 8.20. The molecule has 1 aromatic rings. The molecule has 2 aliphatic rings. The van der Waals surface area contributed by atoms with Crippen molar-refractivity contribution in [1.82, 2.24) is 10.3 Å². The van der Waals surface area contributed by atoms with Crippen LogP contribution in [0.2, 0.25) is 0 Å². The van der Waals surface area contributed by atoms with Gasteiger partial charge in [0.05, 0.1) is 5.70 Å². The molecular formula is C12H19F2N5O12P3+. The van der Waals surface area contributed by atoms with Gasteiger partial charge in [-0.2, -0.15) is 8.62 Å². The van der Waals surface area contributed by atoms with Crippen LogP contribution in [0.1, 0.15) is 18.8 Å². The fraction of sp³-hybridized carbons (Fsp3) is 0.500. The van der Waals surface area contributed by atoms with Crippen LogP contribution in [0.3, 0.4) is 0 Å². The third kappa shape index (κ3) is 5.46. The molecule has 34 heavy (non-hydrogen) atoms. The first kappa shape index (κ1) is 27.0. The number of aliphatic hydroxyl groups is 1. The zero-order chi connectivity index (χ0) is 25.9. The molecule has 3 heterocycles. The number of aromatic nitrogens is 2. The SMILES string of the molecule is C=C1NC(N)=Nc2c1[nH]c[n+]2C1OC(F)(COP(=O)(O)OP(=O)(O)OP(=O)(O)O)C(F)C1(C)O. The summed E-state index contributed by atoms with van der Waals surface area (Å²) in [5.74, 6) is -3.83. The highest BCUT2D eigenvalue weighted by molar-refractivity contribution is 7.66. The van der Waals surface area contributed by atoms with E-state index in [1.165, 1.54) is 0 Å². The number of rotatable bonds is 8. The minimum atomic E-state index is -5.89. The lowest BCUT2D eigenvalue weighted by Crippen LogP contribution is -2.52. The Bertz CT molecular complexity index is 1190. The predicted octanol–water partition coefficient (Wildman–Crippen LogP) is -0.551. The normalized spacial score (nSPS) is 32.9. The molecule has 6 atom stereocenters. The smallest absolute Gasteiger partial charge is 0.381 e. The minimum absolute atomic E-state index is 0.0455. The van der Waals surface area contributed by atoms with E-state index in [1.807, 2.05) is 0 Å². The second kappa shape index (κ2) is 8.51. The number of halogens is 2. The van der Waals surface area contributed by atoms with Crippen LogP contribution in [0.5, 0.6) is 0 Å². The van der Waals surface area contributed by atoms with Crippen LogP contribution < -0.4 is 15.6 Å². The number of H-pyrrole nitrogens is 1. The molecule has 0 saturated carbocycles. The molecule has 0 aromatic carbocycles. The van der Waals surface area contributed by atoms with E-state index in [1.54, 1.807) is 0 Å². The summed E-state index contributed by atoms with van der Waals surface area (Å²) in [6.45, 7) is 2.71. The van der Waals surface area contributed by atoms with Gasteiger partial charge < -0.3 is 40.5 Å². The van der Waals surface area contributed by atoms with Crippen molar-refractivity contribution in [2.45, 2.75) is 30.8 Å². The average Bonchev–Trinajstić information content (AvgIpc) is 3.11. The first-order valence-corrected chi connectivity index (χ1v) is 13.2. The Kier molecular flexibility index (Phi) is 6.76. The number of aliphatic imine (C=N–C) groups is 1. The number of phosphoric acid groups is 3. The van der Waals surface area contributed by atoms with Crippen molar-refractivity contribution in [2.75, 3.05) is 6.61 Å². The monoisotopic (exact) mass is 556 g/mol. The van der Waals surface area contributed by atoms with Crippen LogP contribution in [0, 0.1) is 0 Å². The van der Waals surface area contributed by atoms with E-state index in [2.05, 4.69) is 35.0 Å². The number of guanidine groups is 1. The molecule has 0 radical (unpaired) electrons. The topological polar surface area (TPSA) is 259 Å². The van der Waals surface area contributed by atoms with Gasteiger partial charge in [-0.15, -0.1) is 0 Å². The molecule has 1 fully saturated rings. The van der Waals surface area contributed by atoms with Gasteiger partial charge in [0.25, 0.3) is 11.8 Å². The molecule has 6 unspecified atom stereocenters. The summed E-state index contributed by atoms with van der Waals surface area (Å²) in [6.07, 6.45) is -3.68. The summed E-state index contributed by atoms with van der Waals surface area (Å²) in [5, 5.41) is 13.2. The lowest BCUT2D eigenvalue weighted by molar-refractivity contribution is -0.763. The number of fused-ring (bicyclic) bond motifs is 1. The van der Waals surface area contributed by atoms with Crippen LogP contribution in [0.25, 0.3) is 5.70 Å². The quantitative estimate of drug-likeness (QED) is 0.148. The number of nitrogens with one attached hydrogen (secondary N) is 2. The number of aromatic amines is 1. The maximum absolute atomic E-state index is 15.3. The molecule has 1 aromatic heterocycles. The Balaban J connectivity index is 1.81. The van der Waals surface area contributed by atoms with Gasteiger partial charge >= 0.3 is 29.3 Å². The van der Waals surface area contributed by atoms with Gasteiger partial charge in [0.2, 0.25) is 6.23 Å². The summed E-state index contributed by atoms with van der Waals surface area (Å²) >= 11 is 0. The number of nitrogens with two attached hydrogens (primary N) is 1. The number of hydrogen-bond donors (Lipinski definition) is 8. The van der Waals surface area contributed by atoms with Crippen LogP contribution in [0.15, 0.2) is 17.9 Å². The van der Waals surface area contributed by atoms with E-state index in [-0.39, 0.29) is 23.2 Å². The molecule has 2 aliphatic heterocycles. The molecule has 0 aliphatic carbocycles. The number of imidazole rings is 1. The zero-order valence-corrected chi connectivity index (χ0v) is 19.5. The zero-order valence-electron chi connectivity index (χ0n) is 16.8. The van der Waals surface area contributed by atoms with Crippen molar-refractivity contribution in [3.63, 3.8) is 0 Å². The van der Waals surface area contributed by atoms with E-state index in [0.717, 1.165) is 17.8 Å². The Morgan fingerprint density at radius 3 is 2.50 bits per heavy atom. The molecule has 0 bridgehead atoms. The first-order valence-electron chi connectivity index (χ1n) is 8.71. The summed E-state index contributed by atoms with van der Waals surface area (Å²) in [4.78, 5) is 42.2. The number of nitrogens with zero attached hydrogens (tertiary/aromatic N) is 2. The Labute approximate surface area is 188 Å². The number of hydrogen-bond acceptors (Lipinski definition) is 11.